The maximum Gasteiger partial charge on any atom is 0.124 e. The van der Waals surface area contributed by atoms with Crippen LogP contribution < -0.4 is 10.5 Å². The number of benzene rings is 1. The first-order valence-electron chi connectivity index (χ1n) is 8.54. The number of nitrogens with two attached hydrogens (primary N) is 1. The van der Waals surface area contributed by atoms with Gasteiger partial charge in [0.05, 0.1) is 12.6 Å². The fourth-order valence-electron chi connectivity index (χ4n) is 2.71. The molecule has 0 saturated heterocycles. The average Bonchev–Trinajstić information content (AvgIpc) is 2.51. The van der Waals surface area contributed by atoms with Crippen molar-refractivity contribution in [1.82, 2.24) is 4.90 Å². The summed E-state index contributed by atoms with van der Waals surface area (Å²) in [6, 6.07) is 6.05. The smallest absolute Gasteiger partial charge is 0.124 e. The van der Waals surface area contributed by atoms with E-state index >= 15 is 0 Å². The molecule has 0 aliphatic carbocycles. The summed E-state index contributed by atoms with van der Waals surface area (Å²) in [4.78, 5) is 2.44. The molecule has 126 valence electrons. The highest BCUT2D eigenvalue weighted by Gasteiger charge is 2.21. The fourth-order valence-corrected chi connectivity index (χ4v) is 2.89. The Balaban J connectivity index is 3.03. The van der Waals surface area contributed by atoms with Gasteiger partial charge in [-0.25, -0.2) is 0 Å². The lowest BCUT2D eigenvalue weighted by atomic mass is 10.0. The van der Waals surface area contributed by atoms with E-state index in [1.165, 1.54) is 0 Å². The zero-order valence-electron chi connectivity index (χ0n) is 14.3. The van der Waals surface area contributed by atoms with E-state index in [4.69, 9.17) is 22.1 Å². The van der Waals surface area contributed by atoms with Crippen molar-refractivity contribution in [1.29, 1.82) is 0 Å². The summed E-state index contributed by atoms with van der Waals surface area (Å²) in [5, 5.41) is 0.740. The first kappa shape index (κ1) is 19.3. The zero-order valence-corrected chi connectivity index (χ0v) is 15.0. The first-order chi connectivity index (χ1) is 10.7. The number of rotatable bonds is 11. The van der Waals surface area contributed by atoms with Gasteiger partial charge in [0.1, 0.15) is 5.75 Å². The lowest BCUT2D eigenvalue weighted by Gasteiger charge is -2.32. The van der Waals surface area contributed by atoms with Crippen LogP contribution in [-0.2, 0) is 0 Å². The van der Waals surface area contributed by atoms with Crippen molar-refractivity contribution in [3.63, 3.8) is 0 Å². The second-order valence-corrected chi connectivity index (χ2v) is 6.11. The number of nitrogens with zero attached hydrogens (tertiary/aromatic N) is 1. The van der Waals surface area contributed by atoms with E-state index in [1.807, 2.05) is 18.2 Å². The summed E-state index contributed by atoms with van der Waals surface area (Å²) >= 11 is 6.22. The van der Waals surface area contributed by atoms with Gasteiger partial charge < -0.3 is 10.5 Å². The van der Waals surface area contributed by atoms with Crippen molar-refractivity contribution in [3.05, 3.63) is 28.8 Å². The molecule has 0 aliphatic rings. The predicted molar refractivity (Wildman–Crippen MR) is 95.8 cm³/mol. The molecule has 22 heavy (non-hydrogen) atoms. The van der Waals surface area contributed by atoms with Crippen LogP contribution >= 0.6 is 11.6 Å². The van der Waals surface area contributed by atoms with Gasteiger partial charge in [0.2, 0.25) is 0 Å². The number of hydrogen-bond donors (Lipinski definition) is 1. The summed E-state index contributed by atoms with van der Waals surface area (Å²) in [6.45, 7) is 9.96. The minimum absolute atomic E-state index is 0.162. The maximum absolute atomic E-state index is 6.22. The Morgan fingerprint density at radius 3 is 2.36 bits per heavy atom. The third kappa shape index (κ3) is 5.79. The molecule has 0 bridgehead atoms. The van der Waals surface area contributed by atoms with E-state index in [-0.39, 0.29) is 6.04 Å². The Labute approximate surface area is 140 Å². The minimum atomic E-state index is 0.162. The number of hydrogen-bond acceptors (Lipinski definition) is 3. The molecule has 0 radical (unpaired) electrons. The van der Waals surface area contributed by atoms with Crippen LogP contribution in [0.4, 0.5) is 0 Å². The molecule has 0 amide bonds. The molecule has 0 spiro atoms. The lowest BCUT2D eigenvalue weighted by Crippen LogP contribution is -2.35. The van der Waals surface area contributed by atoms with Crippen LogP contribution in [0.3, 0.4) is 0 Å². The Morgan fingerprint density at radius 1 is 1.14 bits per heavy atom. The van der Waals surface area contributed by atoms with Crippen LogP contribution in [0.1, 0.15) is 58.1 Å². The molecule has 0 aromatic heterocycles. The van der Waals surface area contributed by atoms with Crippen LogP contribution in [0.2, 0.25) is 5.02 Å². The zero-order chi connectivity index (χ0) is 16.4. The average molecular weight is 327 g/mol. The lowest BCUT2D eigenvalue weighted by molar-refractivity contribution is 0.195. The van der Waals surface area contributed by atoms with Crippen molar-refractivity contribution < 1.29 is 4.74 Å². The van der Waals surface area contributed by atoms with E-state index in [0.29, 0.717) is 6.54 Å². The van der Waals surface area contributed by atoms with Gasteiger partial charge in [-0.05, 0) is 50.6 Å². The fraction of sp³-hybridized carbons (Fsp3) is 0.667. The van der Waals surface area contributed by atoms with Crippen molar-refractivity contribution in [2.75, 3.05) is 26.2 Å². The second-order valence-electron chi connectivity index (χ2n) is 5.67. The second kappa shape index (κ2) is 10.9. The quantitative estimate of drug-likeness (QED) is 0.602. The van der Waals surface area contributed by atoms with Gasteiger partial charge in [-0.15, -0.1) is 0 Å². The van der Waals surface area contributed by atoms with Crippen molar-refractivity contribution >= 4 is 11.6 Å². The van der Waals surface area contributed by atoms with Gasteiger partial charge in [-0.1, -0.05) is 38.8 Å². The number of ether oxygens (including phenoxy) is 1. The molecule has 3 nitrogen and oxygen atoms in total. The van der Waals surface area contributed by atoms with Crippen molar-refractivity contribution in [3.8, 4) is 5.75 Å². The molecular weight excluding hydrogens is 296 g/mol. The maximum atomic E-state index is 6.22. The van der Waals surface area contributed by atoms with Crippen LogP contribution in [0, 0.1) is 0 Å². The van der Waals surface area contributed by atoms with Crippen LogP contribution in [0.5, 0.6) is 5.75 Å². The van der Waals surface area contributed by atoms with Gasteiger partial charge in [0.15, 0.2) is 0 Å². The summed E-state index contributed by atoms with van der Waals surface area (Å²) in [6.07, 6.45) is 4.41. The summed E-state index contributed by atoms with van der Waals surface area (Å²) < 4.78 is 5.98. The molecular formula is C18H31ClN2O. The molecule has 0 heterocycles. The van der Waals surface area contributed by atoms with E-state index in [0.717, 1.165) is 61.7 Å². The van der Waals surface area contributed by atoms with Gasteiger partial charge in [0.25, 0.3) is 0 Å². The molecule has 1 atom stereocenters. The largest absolute Gasteiger partial charge is 0.493 e. The van der Waals surface area contributed by atoms with Gasteiger partial charge in [-0.2, -0.15) is 0 Å². The van der Waals surface area contributed by atoms with Crippen LogP contribution in [0.25, 0.3) is 0 Å². The SMILES string of the molecule is CCCCOc1ccc(Cl)cc1C(CN)N(CCC)CCC. The first-order valence-corrected chi connectivity index (χ1v) is 8.91. The monoisotopic (exact) mass is 326 g/mol. The highest BCUT2D eigenvalue weighted by molar-refractivity contribution is 6.30. The highest BCUT2D eigenvalue weighted by atomic mass is 35.5. The van der Waals surface area contributed by atoms with Crippen LogP contribution in [0.15, 0.2) is 18.2 Å². The number of unbranched alkanes of at least 4 members (excludes halogenated alkanes) is 1. The molecule has 0 saturated carbocycles. The van der Waals surface area contributed by atoms with E-state index < -0.39 is 0 Å². The van der Waals surface area contributed by atoms with Crippen molar-refractivity contribution in [2.24, 2.45) is 5.73 Å². The van der Waals surface area contributed by atoms with Crippen LogP contribution in [-0.4, -0.2) is 31.1 Å². The number of halogens is 1. The molecule has 1 unspecified atom stereocenters. The standard InChI is InChI=1S/C18H31ClN2O/c1-4-7-12-22-18-9-8-15(19)13-16(18)17(14-20)21(10-5-2)11-6-3/h8-9,13,17H,4-7,10-12,14,20H2,1-3H3. The topological polar surface area (TPSA) is 38.5 Å². The summed E-state index contributed by atoms with van der Waals surface area (Å²) in [5.41, 5.74) is 7.22. The molecule has 4 heteroatoms. The molecule has 1 aromatic rings. The third-order valence-electron chi connectivity index (χ3n) is 3.77. The minimum Gasteiger partial charge on any atom is -0.493 e. The van der Waals surface area contributed by atoms with Crippen molar-refractivity contribution in [2.45, 2.75) is 52.5 Å². The molecule has 0 aliphatic heterocycles. The Morgan fingerprint density at radius 2 is 1.82 bits per heavy atom. The Bertz CT molecular complexity index is 420. The van der Waals surface area contributed by atoms with Gasteiger partial charge in [-0.3, -0.25) is 4.90 Å². The molecule has 1 rings (SSSR count). The molecule has 1 aromatic carbocycles. The Kier molecular flexibility index (Phi) is 9.53. The predicted octanol–water partition coefficient (Wildman–Crippen LogP) is 4.64. The van der Waals surface area contributed by atoms with E-state index in [9.17, 15) is 0 Å². The van der Waals surface area contributed by atoms with E-state index in [2.05, 4.69) is 25.7 Å². The highest BCUT2D eigenvalue weighted by Crippen LogP contribution is 2.32. The van der Waals surface area contributed by atoms with Gasteiger partial charge >= 0.3 is 0 Å². The van der Waals surface area contributed by atoms with Gasteiger partial charge in [0, 0.05) is 17.1 Å². The Hall–Kier alpha value is -0.770. The summed E-state index contributed by atoms with van der Waals surface area (Å²) in [7, 11) is 0. The molecule has 0 fully saturated rings. The normalized spacial score (nSPS) is 12.6. The third-order valence-corrected chi connectivity index (χ3v) is 4.01. The summed E-state index contributed by atoms with van der Waals surface area (Å²) in [5.74, 6) is 0.922. The van der Waals surface area contributed by atoms with E-state index in [1.54, 1.807) is 0 Å². The molecule has 2 N–H and O–H groups in total.